The monoisotopic (exact) mass is 428 g/mol. The Balaban J connectivity index is 1.78. The zero-order valence-corrected chi connectivity index (χ0v) is 19.4. The normalized spacial score (nSPS) is 22.9. The summed E-state index contributed by atoms with van der Waals surface area (Å²) in [6, 6.07) is 0. The molecule has 3 N–H and O–H groups in total. The van der Waals surface area contributed by atoms with Crippen LogP contribution in [0.4, 0.5) is 0 Å². The number of unbranched alkanes of at least 4 members (excludes halogenated alkanes) is 13. The van der Waals surface area contributed by atoms with E-state index in [9.17, 15) is 15.3 Å². The summed E-state index contributed by atoms with van der Waals surface area (Å²) >= 11 is 0. The molecule has 5 heteroatoms. The van der Waals surface area contributed by atoms with Gasteiger partial charge in [0.05, 0.1) is 13.2 Å². The van der Waals surface area contributed by atoms with Crippen molar-refractivity contribution in [1.82, 2.24) is 0 Å². The van der Waals surface area contributed by atoms with E-state index in [0.29, 0.717) is 6.61 Å². The Bertz CT molecular complexity index is 401. The number of ether oxygens (including phenoxy) is 2. The van der Waals surface area contributed by atoms with Crippen molar-refractivity contribution in [3.8, 4) is 0 Å². The smallest absolute Gasteiger partial charge is 0.114 e. The maximum absolute atomic E-state index is 9.95. The van der Waals surface area contributed by atoms with Crippen LogP contribution in [0, 0.1) is 0 Å². The number of aliphatic hydroxyl groups excluding tert-OH is 3. The van der Waals surface area contributed by atoms with E-state index < -0.39 is 24.4 Å². The number of hydrogen-bond acceptors (Lipinski definition) is 5. The second kappa shape index (κ2) is 19.2. The first-order valence-electron chi connectivity index (χ1n) is 12.5. The molecule has 0 amide bonds. The molecule has 0 spiro atoms. The molecule has 1 heterocycles. The van der Waals surface area contributed by atoms with Gasteiger partial charge in [0.2, 0.25) is 0 Å². The van der Waals surface area contributed by atoms with Crippen LogP contribution in [0.5, 0.6) is 0 Å². The van der Waals surface area contributed by atoms with Crippen LogP contribution >= 0.6 is 0 Å². The number of rotatable bonds is 20. The molecule has 178 valence electrons. The van der Waals surface area contributed by atoms with Crippen molar-refractivity contribution in [2.75, 3.05) is 19.8 Å². The van der Waals surface area contributed by atoms with Gasteiger partial charge in [-0.3, -0.25) is 0 Å². The lowest BCUT2D eigenvalue weighted by molar-refractivity contribution is -0.0813. The zero-order valence-electron chi connectivity index (χ0n) is 19.4. The standard InChI is InChI=1S/C25H48O5/c1-2-3-4-5-6-7-8-9-10-11-12-13-14-15-16-17-18-19-29-20-23(27)25-24(28)22(26)21-30-25/h12-13,22-28H,2-11,14-21H2,1H3/b13-12+/t22-,23+,24+,25+/m1/s1. The van der Waals surface area contributed by atoms with E-state index >= 15 is 0 Å². The second-order valence-corrected chi connectivity index (χ2v) is 8.79. The molecule has 0 unspecified atom stereocenters. The molecule has 1 aliphatic heterocycles. The minimum absolute atomic E-state index is 0.0660. The fourth-order valence-corrected chi connectivity index (χ4v) is 3.89. The average Bonchev–Trinajstić information content (AvgIpc) is 3.08. The van der Waals surface area contributed by atoms with Crippen LogP contribution in [0.15, 0.2) is 12.2 Å². The first-order chi connectivity index (χ1) is 14.7. The fourth-order valence-electron chi connectivity index (χ4n) is 3.89. The molecule has 1 fully saturated rings. The van der Waals surface area contributed by atoms with Crippen LogP contribution in [0.2, 0.25) is 0 Å². The molecular formula is C25H48O5. The summed E-state index contributed by atoms with van der Waals surface area (Å²) in [5, 5.41) is 29.1. The molecule has 30 heavy (non-hydrogen) atoms. The predicted octanol–water partition coefficient (Wildman–Crippen LogP) is 4.91. The Morgan fingerprint density at radius 1 is 0.833 bits per heavy atom. The van der Waals surface area contributed by atoms with Gasteiger partial charge in [0, 0.05) is 6.61 Å². The molecule has 0 radical (unpaired) electrons. The van der Waals surface area contributed by atoms with Crippen molar-refractivity contribution >= 4 is 0 Å². The lowest BCUT2D eigenvalue weighted by Gasteiger charge is -2.20. The molecule has 1 saturated heterocycles. The number of allylic oxidation sites excluding steroid dienone is 2. The third-order valence-electron chi connectivity index (χ3n) is 5.91. The Kier molecular flexibility index (Phi) is 17.7. The first-order valence-corrected chi connectivity index (χ1v) is 12.5. The second-order valence-electron chi connectivity index (χ2n) is 8.79. The topological polar surface area (TPSA) is 79.2 Å². The zero-order chi connectivity index (χ0) is 21.9. The van der Waals surface area contributed by atoms with Crippen LogP contribution in [0.25, 0.3) is 0 Å². The molecule has 1 rings (SSSR count). The molecule has 1 aliphatic rings. The molecular weight excluding hydrogens is 380 g/mol. The van der Waals surface area contributed by atoms with E-state index in [4.69, 9.17) is 9.47 Å². The minimum atomic E-state index is -1.03. The van der Waals surface area contributed by atoms with Crippen molar-refractivity contribution in [3.63, 3.8) is 0 Å². The van der Waals surface area contributed by atoms with Crippen molar-refractivity contribution in [1.29, 1.82) is 0 Å². The summed E-state index contributed by atoms with van der Waals surface area (Å²) in [6.07, 6.45) is 20.5. The molecule has 0 aromatic heterocycles. The number of aliphatic hydroxyl groups is 3. The van der Waals surface area contributed by atoms with Gasteiger partial charge in [-0.2, -0.15) is 0 Å². The van der Waals surface area contributed by atoms with E-state index in [2.05, 4.69) is 19.1 Å². The van der Waals surface area contributed by atoms with Gasteiger partial charge in [-0.05, 0) is 32.1 Å². The Hall–Kier alpha value is -0.460. The maximum atomic E-state index is 9.95. The number of hydrogen-bond donors (Lipinski definition) is 3. The molecule has 0 aromatic carbocycles. The lowest BCUT2D eigenvalue weighted by atomic mass is 10.1. The highest BCUT2D eigenvalue weighted by Crippen LogP contribution is 2.18. The minimum Gasteiger partial charge on any atom is -0.388 e. The highest BCUT2D eigenvalue weighted by Gasteiger charge is 2.39. The molecule has 4 atom stereocenters. The van der Waals surface area contributed by atoms with Gasteiger partial charge >= 0.3 is 0 Å². The third-order valence-corrected chi connectivity index (χ3v) is 5.91. The Morgan fingerprint density at radius 3 is 1.90 bits per heavy atom. The van der Waals surface area contributed by atoms with Gasteiger partial charge in [0.1, 0.15) is 24.4 Å². The van der Waals surface area contributed by atoms with Gasteiger partial charge in [0.25, 0.3) is 0 Å². The van der Waals surface area contributed by atoms with Gasteiger partial charge in [-0.25, -0.2) is 0 Å². The van der Waals surface area contributed by atoms with Gasteiger partial charge in [-0.15, -0.1) is 0 Å². The average molecular weight is 429 g/mol. The molecule has 0 saturated carbocycles. The SMILES string of the molecule is CCCCCCCCCCC/C=C/CCCCCCOC[C@H](O)[C@@H]1OC[C@@H](O)[C@@H]1O. The van der Waals surface area contributed by atoms with Crippen LogP contribution in [-0.2, 0) is 9.47 Å². The van der Waals surface area contributed by atoms with E-state index in [1.54, 1.807) is 0 Å². The van der Waals surface area contributed by atoms with Crippen LogP contribution in [0.1, 0.15) is 103 Å². The third kappa shape index (κ3) is 13.8. The van der Waals surface area contributed by atoms with E-state index in [1.807, 2.05) is 0 Å². The van der Waals surface area contributed by atoms with Crippen molar-refractivity contribution in [3.05, 3.63) is 12.2 Å². The fraction of sp³-hybridized carbons (Fsp3) is 0.920. The van der Waals surface area contributed by atoms with E-state index in [1.165, 1.54) is 77.0 Å². The summed E-state index contributed by atoms with van der Waals surface area (Å²) < 4.78 is 10.7. The summed E-state index contributed by atoms with van der Waals surface area (Å²) in [5.41, 5.74) is 0. The summed E-state index contributed by atoms with van der Waals surface area (Å²) in [5.74, 6) is 0. The molecule has 0 bridgehead atoms. The Morgan fingerprint density at radius 2 is 1.37 bits per heavy atom. The summed E-state index contributed by atoms with van der Waals surface area (Å²) in [4.78, 5) is 0. The predicted molar refractivity (Wildman–Crippen MR) is 123 cm³/mol. The molecule has 0 aliphatic carbocycles. The van der Waals surface area contributed by atoms with E-state index in [-0.39, 0.29) is 13.2 Å². The van der Waals surface area contributed by atoms with Gasteiger partial charge < -0.3 is 24.8 Å². The van der Waals surface area contributed by atoms with Crippen molar-refractivity contribution in [2.24, 2.45) is 0 Å². The van der Waals surface area contributed by atoms with Crippen LogP contribution in [0.3, 0.4) is 0 Å². The van der Waals surface area contributed by atoms with Crippen LogP contribution < -0.4 is 0 Å². The van der Waals surface area contributed by atoms with E-state index in [0.717, 1.165) is 19.3 Å². The summed E-state index contributed by atoms with van der Waals surface area (Å²) in [7, 11) is 0. The first kappa shape index (κ1) is 27.6. The van der Waals surface area contributed by atoms with Gasteiger partial charge in [-0.1, -0.05) is 83.3 Å². The lowest BCUT2D eigenvalue weighted by Crippen LogP contribution is -2.40. The summed E-state index contributed by atoms with van der Waals surface area (Å²) in [6.45, 7) is 3.08. The highest BCUT2D eigenvalue weighted by atomic mass is 16.5. The highest BCUT2D eigenvalue weighted by molar-refractivity contribution is 4.87. The maximum Gasteiger partial charge on any atom is 0.114 e. The Labute approximate surface area is 184 Å². The van der Waals surface area contributed by atoms with Crippen molar-refractivity contribution < 1.29 is 24.8 Å². The largest absolute Gasteiger partial charge is 0.388 e. The quantitative estimate of drug-likeness (QED) is 0.190. The molecule has 5 nitrogen and oxygen atoms in total. The molecule has 0 aromatic rings. The van der Waals surface area contributed by atoms with Crippen LogP contribution in [-0.4, -0.2) is 59.6 Å². The van der Waals surface area contributed by atoms with Gasteiger partial charge in [0.15, 0.2) is 0 Å². The van der Waals surface area contributed by atoms with Crippen molar-refractivity contribution in [2.45, 2.75) is 128 Å².